The summed E-state index contributed by atoms with van der Waals surface area (Å²) < 4.78 is 0. The molecule has 1 aliphatic rings. The van der Waals surface area contributed by atoms with E-state index >= 15 is 0 Å². The largest absolute Gasteiger partial charge is 0.358 e. The molecule has 3 aromatic rings. The van der Waals surface area contributed by atoms with Crippen LogP contribution in [0.5, 0.6) is 0 Å². The van der Waals surface area contributed by atoms with Crippen LogP contribution in [0, 0.1) is 12.8 Å². The molecule has 0 radical (unpaired) electrons. The summed E-state index contributed by atoms with van der Waals surface area (Å²) in [5, 5.41) is 8.77. The van der Waals surface area contributed by atoms with Gasteiger partial charge in [-0.3, -0.25) is 4.79 Å². The fourth-order valence-corrected chi connectivity index (χ4v) is 5.01. The molecule has 1 unspecified atom stereocenters. The lowest BCUT2D eigenvalue weighted by molar-refractivity contribution is 0.0922. The van der Waals surface area contributed by atoms with Crippen LogP contribution in [0.15, 0.2) is 35.0 Å². The average Bonchev–Trinajstić information content (AvgIpc) is 3.41. The number of carbonyl (C=O) groups is 1. The molecular weight excluding hydrogens is 340 g/mol. The topological polar surface area (TPSA) is 44.9 Å². The highest BCUT2D eigenvalue weighted by atomic mass is 32.1. The minimum Gasteiger partial charge on any atom is -0.358 e. The van der Waals surface area contributed by atoms with Crippen LogP contribution in [0.3, 0.4) is 0 Å². The molecule has 2 heterocycles. The van der Waals surface area contributed by atoms with E-state index < -0.39 is 0 Å². The number of aromatic amines is 1. The van der Waals surface area contributed by atoms with Gasteiger partial charge in [-0.1, -0.05) is 19.8 Å². The first-order valence-corrected chi connectivity index (χ1v) is 10.6. The molecule has 1 aliphatic carbocycles. The summed E-state index contributed by atoms with van der Waals surface area (Å²) in [6.07, 6.45) is 5.93. The van der Waals surface area contributed by atoms with Gasteiger partial charge in [0.1, 0.15) is 0 Å². The van der Waals surface area contributed by atoms with E-state index in [2.05, 4.69) is 41.0 Å². The minimum atomic E-state index is 0.0358. The Bertz CT molecular complexity index is 904. The van der Waals surface area contributed by atoms with Crippen molar-refractivity contribution in [3.8, 4) is 0 Å². The zero-order valence-corrected chi connectivity index (χ0v) is 16.3. The van der Waals surface area contributed by atoms with Crippen LogP contribution >= 0.6 is 11.3 Å². The molecule has 1 fully saturated rings. The van der Waals surface area contributed by atoms with Crippen LogP contribution in [-0.4, -0.2) is 10.9 Å². The molecule has 136 valence electrons. The van der Waals surface area contributed by atoms with Gasteiger partial charge in [0, 0.05) is 22.2 Å². The maximum Gasteiger partial charge on any atom is 0.251 e. The third kappa shape index (κ3) is 3.18. The van der Waals surface area contributed by atoms with Crippen LogP contribution in [0.25, 0.3) is 10.9 Å². The Morgan fingerprint density at radius 1 is 1.31 bits per heavy atom. The van der Waals surface area contributed by atoms with Gasteiger partial charge in [-0.15, -0.1) is 0 Å². The predicted octanol–water partition coefficient (Wildman–Crippen LogP) is 5.76. The van der Waals surface area contributed by atoms with Crippen molar-refractivity contribution in [1.82, 2.24) is 10.3 Å². The minimum absolute atomic E-state index is 0.0358. The van der Waals surface area contributed by atoms with Crippen LogP contribution in [0.2, 0.25) is 0 Å². The van der Waals surface area contributed by atoms with Gasteiger partial charge in [0.25, 0.3) is 5.91 Å². The lowest BCUT2D eigenvalue weighted by Crippen LogP contribution is -2.32. The zero-order chi connectivity index (χ0) is 18.1. The molecule has 0 aliphatic heterocycles. The van der Waals surface area contributed by atoms with Crippen molar-refractivity contribution in [2.75, 3.05) is 0 Å². The normalized spacial score (nSPS) is 16.2. The molecule has 4 heteroatoms. The van der Waals surface area contributed by atoms with Crippen molar-refractivity contribution in [3.63, 3.8) is 0 Å². The van der Waals surface area contributed by atoms with Crippen LogP contribution in [-0.2, 0) is 6.42 Å². The van der Waals surface area contributed by atoms with Crippen molar-refractivity contribution < 1.29 is 4.79 Å². The van der Waals surface area contributed by atoms with Crippen LogP contribution in [0.4, 0.5) is 0 Å². The third-order valence-electron chi connectivity index (χ3n) is 5.84. The quantitative estimate of drug-likeness (QED) is 0.592. The van der Waals surface area contributed by atoms with E-state index in [1.165, 1.54) is 42.5 Å². The first-order valence-electron chi connectivity index (χ1n) is 9.61. The second-order valence-electron chi connectivity index (χ2n) is 7.39. The first kappa shape index (κ1) is 17.3. The van der Waals surface area contributed by atoms with Crippen LogP contribution in [0.1, 0.15) is 65.8 Å². The van der Waals surface area contributed by atoms with E-state index in [4.69, 9.17) is 0 Å². The van der Waals surface area contributed by atoms with E-state index in [1.54, 1.807) is 11.3 Å². The van der Waals surface area contributed by atoms with Crippen molar-refractivity contribution in [2.45, 2.75) is 52.0 Å². The summed E-state index contributed by atoms with van der Waals surface area (Å²) in [4.78, 5) is 16.5. The number of thiophene rings is 1. The maximum absolute atomic E-state index is 13.0. The van der Waals surface area contributed by atoms with Gasteiger partial charge < -0.3 is 10.3 Å². The number of benzene rings is 1. The smallest absolute Gasteiger partial charge is 0.251 e. The molecule has 2 aromatic heterocycles. The number of rotatable bonds is 5. The average molecular weight is 367 g/mol. The Balaban J connectivity index is 1.61. The van der Waals surface area contributed by atoms with Crippen molar-refractivity contribution >= 4 is 28.1 Å². The number of carbonyl (C=O) groups excluding carboxylic acids is 1. The number of amides is 1. The lowest BCUT2D eigenvalue weighted by atomic mass is 9.93. The van der Waals surface area contributed by atoms with Gasteiger partial charge in [-0.05, 0) is 78.3 Å². The monoisotopic (exact) mass is 366 g/mol. The van der Waals surface area contributed by atoms with Gasteiger partial charge in [-0.2, -0.15) is 11.3 Å². The molecule has 26 heavy (non-hydrogen) atoms. The second-order valence-corrected chi connectivity index (χ2v) is 8.17. The highest BCUT2D eigenvalue weighted by Gasteiger charge is 2.28. The summed E-state index contributed by atoms with van der Waals surface area (Å²) in [5.41, 5.74) is 5.62. The van der Waals surface area contributed by atoms with Crippen molar-refractivity contribution in [3.05, 3.63) is 57.4 Å². The van der Waals surface area contributed by atoms with Gasteiger partial charge in [0.15, 0.2) is 0 Å². The summed E-state index contributed by atoms with van der Waals surface area (Å²) >= 11 is 1.70. The summed E-state index contributed by atoms with van der Waals surface area (Å²) in [6, 6.07) is 8.29. The number of aromatic nitrogens is 1. The number of fused-ring (bicyclic) bond motifs is 1. The number of H-pyrrole nitrogens is 1. The van der Waals surface area contributed by atoms with Crippen LogP contribution < -0.4 is 5.32 Å². The molecule has 0 spiro atoms. The Morgan fingerprint density at radius 3 is 2.81 bits per heavy atom. The maximum atomic E-state index is 13.0. The molecule has 1 saturated carbocycles. The SMILES string of the molecule is CCc1[nH]c2ccc(C(=O)NC(c3ccsc3)C3CCCC3)cc2c1C. The zero-order valence-electron chi connectivity index (χ0n) is 15.5. The highest BCUT2D eigenvalue weighted by molar-refractivity contribution is 7.08. The fraction of sp³-hybridized carbons (Fsp3) is 0.409. The molecule has 1 atom stereocenters. The van der Waals surface area contributed by atoms with Gasteiger partial charge in [-0.25, -0.2) is 0 Å². The standard InChI is InChI=1S/C22H26N2OS/c1-3-19-14(2)18-12-16(8-9-20(18)23-19)22(25)24-21(15-6-4-5-7-15)17-10-11-26-13-17/h8-13,15,21,23H,3-7H2,1-2H3,(H,24,25). The number of nitrogens with one attached hydrogen (secondary N) is 2. The van der Waals surface area contributed by atoms with Crippen molar-refractivity contribution in [2.24, 2.45) is 5.92 Å². The van der Waals surface area contributed by atoms with Gasteiger partial charge in [0.2, 0.25) is 0 Å². The number of hydrogen-bond acceptors (Lipinski definition) is 2. The van der Waals surface area contributed by atoms with Crippen molar-refractivity contribution in [1.29, 1.82) is 0 Å². The van der Waals surface area contributed by atoms with E-state index in [0.717, 1.165) is 22.9 Å². The molecule has 1 aromatic carbocycles. The Morgan fingerprint density at radius 2 is 2.12 bits per heavy atom. The Kier molecular flexibility index (Phi) is 4.86. The van der Waals surface area contributed by atoms with E-state index in [0.29, 0.717) is 5.92 Å². The van der Waals surface area contributed by atoms with Gasteiger partial charge >= 0.3 is 0 Å². The number of aryl methyl sites for hydroxylation is 2. The third-order valence-corrected chi connectivity index (χ3v) is 6.54. The molecule has 4 rings (SSSR count). The highest BCUT2D eigenvalue weighted by Crippen LogP contribution is 2.36. The lowest BCUT2D eigenvalue weighted by Gasteiger charge is -2.24. The summed E-state index contributed by atoms with van der Waals surface area (Å²) in [6.45, 7) is 4.28. The molecule has 0 bridgehead atoms. The Labute approximate surface area is 158 Å². The molecule has 2 N–H and O–H groups in total. The number of hydrogen-bond donors (Lipinski definition) is 2. The molecule has 1 amide bonds. The Hall–Kier alpha value is -2.07. The predicted molar refractivity (Wildman–Crippen MR) is 109 cm³/mol. The van der Waals surface area contributed by atoms with E-state index in [1.807, 2.05) is 18.2 Å². The molecule has 3 nitrogen and oxygen atoms in total. The van der Waals surface area contributed by atoms with E-state index in [9.17, 15) is 4.79 Å². The van der Waals surface area contributed by atoms with Gasteiger partial charge in [0.05, 0.1) is 6.04 Å². The first-order chi connectivity index (χ1) is 12.7. The molecule has 0 saturated heterocycles. The summed E-state index contributed by atoms with van der Waals surface area (Å²) in [7, 11) is 0. The fourth-order valence-electron chi connectivity index (χ4n) is 4.32. The summed E-state index contributed by atoms with van der Waals surface area (Å²) in [5.74, 6) is 0.589. The second kappa shape index (κ2) is 7.28. The van der Waals surface area contributed by atoms with E-state index in [-0.39, 0.29) is 11.9 Å². The molecular formula is C22H26N2OS.